The fourth-order valence-electron chi connectivity index (χ4n) is 2.59. The highest BCUT2D eigenvalue weighted by molar-refractivity contribution is 6.31. The lowest BCUT2D eigenvalue weighted by Crippen LogP contribution is -2.31. The minimum absolute atomic E-state index is 0.113. The number of amides is 1. The van der Waals surface area contributed by atoms with Crippen molar-refractivity contribution in [3.63, 3.8) is 0 Å². The van der Waals surface area contributed by atoms with Gasteiger partial charge in [-0.3, -0.25) is 9.69 Å². The second kappa shape index (κ2) is 9.44. The van der Waals surface area contributed by atoms with Crippen molar-refractivity contribution >= 4 is 17.5 Å². The zero-order valence-electron chi connectivity index (χ0n) is 14.7. The zero-order chi connectivity index (χ0) is 18.2. The Morgan fingerprint density at radius 1 is 1.20 bits per heavy atom. The maximum atomic E-state index is 10.9. The molecule has 0 bridgehead atoms. The van der Waals surface area contributed by atoms with E-state index >= 15 is 0 Å². The van der Waals surface area contributed by atoms with E-state index in [1.54, 1.807) is 0 Å². The molecule has 0 saturated heterocycles. The molecule has 134 valence electrons. The van der Waals surface area contributed by atoms with Gasteiger partial charge < -0.3 is 10.5 Å². The van der Waals surface area contributed by atoms with Crippen molar-refractivity contribution in [1.82, 2.24) is 4.90 Å². The molecule has 0 aromatic heterocycles. The highest BCUT2D eigenvalue weighted by atomic mass is 35.5. The number of carbonyl (C=O) groups excluding carboxylic acids is 1. The van der Waals surface area contributed by atoms with Crippen LogP contribution in [0.25, 0.3) is 0 Å². The lowest BCUT2D eigenvalue weighted by atomic mass is 10.1. The molecule has 0 aliphatic carbocycles. The number of hydrogen-bond donors (Lipinski definition) is 1. The SMILES string of the molecule is CC[C@H](C)N(Cc1cccc(OCC(N)=O)c1)Cc1ccccc1Cl. The average Bonchev–Trinajstić information content (AvgIpc) is 2.61. The van der Waals surface area contributed by atoms with Crippen LogP contribution in [-0.2, 0) is 17.9 Å². The molecule has 4 nitrogen and oxygen atoms in total. The highest BCUT2D eigenvalue weighted by Gasteiger charge is 2.15. The monoisotopic (exact) mass is 360 g/mol. The van der Waals surface area contributed by atoms with Crippen molar-refractivity contribution in [2.24, 2.45) is 5.73 Å². The predicted molar refractivity (Wildman–Crippen MR) is 102 cm³/mol. The summed E-state index contributed by atoms with van der Waals surface area (Å²) < 4.78 is 5.40. The normalized spacial score (nSPS) is 12.2. The molecule has 0 radical (unpaired) electrons. The van der Waals surface area contributed by atoms with E-state index < -0.39 is 5.91 Å². The molecule has 0 aliphatic rings. The summed E-state index contributed by atoms with van der Waals surface area (Å²) >= 11 is 6.32. The van der Waals surface area contributed by atoms with Crippen LogP contribution in [-0.4, -0.2) is 23.5 Å². The van der Waals surface area contributed by atoms with Crippen molar-refractivity contribution in [3.05, 3.63) is 64.7 Å². The van der Waals surface area contributed by atoms with Gasteiger partial charge in [-0.05, 0) is 42.7 Å². The summed E-state index contributed by atoms with van der Waals surface area (Å²) in [7, 11) is 0. The van der Waals surface area contributed by atoms with Gasteiger partial charge in [0.05, 0.1) is 0 Å². The maximum Gasteiger partial charge on any atom is 0.255 e. The van der Waals surface area contributed by atoms with E-state index in [1.807, 2.05) is 36.4 Å². The predicted octanol–water partition coefficient (Wildman–Crippen LogP) is 4.00. The second-order valence-electron chi connectivity index (χ2n) is 6.16. The van der Waals surface area contributed by atoms with Crippen LogP contribution in [0.2, 0.25) is 5.02 Å². The summed E-state index contributed by atoms with van der Waals surface area (Å²) in [6.45, 7) is 5.83. The Morgan fingerprint density at radius 2 is 1.96 bits per heavy atom. The van der Waals surface area contributed by atoms with E-state index in [4.69, 9.17) is 22.1 Å². The van der Waals surface area contributed by atoms with Gasteiger partial charge in [0.1, 0.15) is 5.75 Å². The maximum absolute atomic E-state index is 10.9. The Labute approximate surface area is 154 Å². The first-order chi connectivity index (χ1) is 12.0. The number of nitrogens with zero attached hydrogens (tertiary/aromatic N) is 1. The number of hydrogen-bond acceptors (Lipinski definition) is 3. The van der Waals surface area contributed by atoms with Crippen LogP contribution in [0.15, 0.2) is 48.5 Å². The molecule has 2 aromatic carbocycles. The van der Waals surface area contributed by atoms with Crippen molar-refractivity contribution in [2.75, 3.05) is 6.61 Å². The molecule has 0 aliphatic heterocycles. The molecule has 0 heterocycles. The molecule has 0 saturated carbocycles. The Kier molecular flexibility index (Phi) is 7.29. The number of primary amides is 1. The lowest BCUT2D eigenvalue weighted by molar-refractivity contribution is -0.119. The van der Waals surface area contributed by atoms with Crippen molar-refractivity contribution < 1.29 is 9.53 Å². The van der Waals surface area contributed by atoms with E-state index in [0.29, 0.717) is 11.8 Å². The van der Waals surface area contributed by atoms with Crippen molar-refractivity contribution in [2.45, 2.75) is 39.4 Å². The van der Waals surface area contributed by atoms with Crippen LogP contribution < -0.4 is 10.5 Å². The molecular formula is C20H25ClN2O2. The minimum atomic E-state index is -0.481. The fraction of sp³-hybridized carbons (Fsp3) is 0.350. The van der Waals surface area contributed by atoms with Gasteiger partial charge in [0.15, 0.2) is 6.61 Å². The van der Waals surface area contributed by atoms with Crippen LogP contribution in [0.3, 0.4) is 0 Å². The third kappa shape index (κ3) is 6.07. The lowest BCUT2D eigenvalue weighted by Gasteiger charge is -2.29. The number of halogens is 1. The molecule has 1 amide bonds. The molecule has 2 rings (SSSR count). The molecular weight excluding hydrogens is 336 g/mol. The first kappa shape index (κ1) is 19.3. The van der Waals surface area contributed by atoms with Gasteiger partial charge >= 0.3 is 0 Å². The molecule has 0 spiro atoms. The van der Waals surface area contributed by atoms with E-state index in [2.05, 4.69) is 30.9 Å². The first-order valence-corrected chi connectivity index (χ1v) is 8.85. The van der Waals surface area contributed by atoms with Gasteiger partial charge in [0, 0.05) is 24.2 Å². The summed E-state index contributed by atoms with van der Waals surface area (Å²) in [5.74, 6) is 0.170. The third-order valence-electron chi connectivity index (χ3n) is 4.21. The fourth-order valence-corrected chi connectivity index (χ4v) is 2.79. The summed E-state index contributed by atoms with van der Waals surface area (Å²) in [6.07, 6.45) is 1.04. The van der Waals surface area contributed by atoms with Crippen molar-refractivity contribution in [3.8, 4) is 5.75 Å². The molecule has 0 fully saturated rings. The van der Waals surface area contributed by atoms with E-state index in [9.17, 15) is 4.79 Å². The van der Waals surface area contributed by atoms with Gasteiger partial charge in [-0.15, -0.1) is 0 Å². The molecule has 2 aromatic rings. The Bertz CT molecular complexity index is 706. The van der Waals surface area contributed by atoms with Crippen LogP contribution in [0.1, 0.15) is 31.4 Å². The number of nitrogens with two attached hydrogens (primary N) is 1. The standard InChI is InChI=1S/C20H25ClN2O2/c1-3-15(2)23(13-17-8-4-5-10-19(17)21)12-16-7-6-9-18(11-16)25-14-20(22)24/h4-11,15H,3,12-14H2,1-2H3,(H2,22,24)/t15-/m0/s1. The quantitative estimate of drug-likeness (QED) is 0.735. The smallest absolute Gasteiger partial charge is 0.255 e. The van der Waals surface area contributed by atoms with Gasteiger partial charge in [-0.1, -0.05) is 48.9 Å². The first-order valence-electron chi connectivity index (χ1n) is 8.47. The number of rotatable bonds is 9. The average molecular weight is 361 g/mol. The summed E-state index contributed by atoms with van der Waals surface area (Å²) in [4.78, 5) is 13.3. The minimum Gasteiger partial charge on any atom is -0.484 e. The Hall–Kier alpha value is -2.04. The van der Waals surface area contributed by atoms with Crippen LogP contribution >= 0.6 is 11.6 Å². The summed E-state index contributed by atoms with van der Waals surface area (Å²) in [5.41, 5.74) is 7.37. The number of benzene rings is 2. The molecule has 5 heteroatoms. The van der Waals surface area contributed by atoms with E-state index in [1.165, 1.54) is 0 Å². The van der Waals surface area contributed by atoms with E-state index in [0.717, 1.165) is 35.7 Å². The molecule has 2 N–H and O–H groups in total. The van der Waals surface area contributed by atoms with Gasteiger partial charge in [-0.2, -0.15) is 0 Å². The van der Waals surface area contributed by atoms with Crippen LogP contribution in [0.5, 0.6) is 5.75 Å². The Balaban J connectivity index is 2.13. The Morgan fingerprint density at radius 3 is 2.64 bits per heavy atom. The number of ether oxygens (including phenoxy) is 1. The molecule has 0 unspecified atom stereocenters. The second-order valence-corrected chi connectivity index (χ2v) is 6.56. The largest absolute Gasteiger partial charge is 0.484 e. The van der Waals surface area contributed by atoms with Gasteiger partial charge in [0.2, 0.25) is 0 Å². The molecule has 1 atom stereocenters. The van der Waals surface area contributed by atoms with Crippen LogP contribution in [0.4, 0.5) is 0 Å². The van der Waals surface area contributed by atoms with Gasteiger partial charge in [0.25, 0.3) is 5.91 Å². The molecule has 25 heavy (non-hydrogen) atoms. The van der Waals surface area contributed by atoms with E-state index in [-0.39, 0.29) is 6.61 Å². The summed E-state index contributed by atoms with van der Waals surface area (Å²) in [5, 5.41) is 0.786. The van der Waals surface area contributed by atoms with Crippen molar-refractivity contribution in [1.29, 1.82) is 0 Å². The number of carbonyl (C=O) groups is 1. The highest BCUT2D eigenvalue weighted by Crippen LogP contribution is 2.22. The summed E-state index contributed by atoms with van der Waals surface area (Å²) in [6, 6.07) is 16.1. The van der Waals surface area contributed by atoms with Gasteiger partial charge in [-0.25, -0.2) is 0 Å². The third-order valence-corrected chi connectivity index (χ3v) is 4.58. The zero-order valence-corrected chi connectivity index (χ0v) is 15.5. The topological polar surface area (TPSA) is 55.6 Å². The van der Waals surface area contributed by atoms with Crippen LogP contribution in [0, 0.1) is 0 Å².